The van der Waals surface area contributed by atoms with Crippen molar-refractivity contribution in [3.8, 4) is 5.75 Å². The molecule has 1 atom stereocenters. The van der Waals surface area contributed by atoms with Crippen LogP contribution in [0.3, 0.4) is 0 Å². The number of ether oxygens (including phenoxy) is 1. The molecule has 3 rings (SSSR count). The van der Waals surface area contributed by atoms with E-state index in [2.05, 4.69) is 12.1 Å². The maximum atomic E-state index is 12.1. The second-order valence-electron chi connectivity index (χ2n) is 5.05. The largest absolute Gasteiger partial charge is 0.493 e. The highest BCUT2D eigenvalue weighted by Crippen LogP contribution is 2.40. The summed E-state index contributed by atoms with van der Waals surface area (Å²) in [7, 11) is 0. The van der Waals surface area contributed by atoms with E-state index in [4.69, 9.17) is 9.84 Å². The number of amides is 1. The summed E-state index contributed by atoms with van der Waals surface area (Å²) in [6, 6.07) is 6.29. The topological polar surface area (TPSA) is 49.8 Å². The molecule has 0 bridgehead atoms. The lowest BCUT2D eigenvalue weighted by Gasteiger charge is -2.24. The first-order valence-corrected chi connectivity index (χ1v) is 9.35. The van der Waals surface area contributed by atoms with E-state index in [9.17, 15) is 4.79 Å². The van der Waals surface area contributed by atoms with Gasteiger partial charge in [-0.15, -0.1) is 11.8 Å². The van der Waals surface area contributed by atoms with E-state index >= 15 is 0 Å². The SMILES string of the molecule is O=C1CSC(c2ccc3c(c2)CCO3)N1CCSCCO. The van der Waals surface area contributed by atoms with Gasteiger partial charge in [0, 0.05) is 24.5 Å². The van der Waals surface area contributed by atoms with Crippen LogP contribution in [0.2, 0.25) is 0 Å². The number of aliphatic hydroxyl groups excluding tert-OH is 1. The summed E-state index contributed by atoms with van der Waals surface area (Å²) in [6.07, 6.45) is 0.959. The van der Waals surface area contributed by atoms with Gasteiger partial charge in [0.05, 0.1) is 19.0 Å². The second kappa shape index (κ2) is 6.94. The third kappa shape index (κ3) is 3.33. The average Bonchev–Trinajstić information content (AvgIpc) is 3.09. The van der Waals surface area contributed by atoms with Gasteiger partial charge < -0.3 is 14.7 Å². The zero-order valence-corrected chi connectivity index (χ0v) is 13.4. The minimum atomic E-state index is 0.123. The summed E-state index contributed by atoms with van der Waals surface area (Å²) in [4.78, 5) is 14.0. The van der Waals surface area contributed by atoms with Crippen molar-refractivity contribution < 1.29 is 14.6 Å². The Balaban J connectivity index is 1.69. The number of fused-ring (bicyclic) bond motifs is 1. The molecule has 21 heavy (non-hydrogen) atoms. The Morgan fingerprint density at radius 1 is 1.43 bits per heavy atom. The maximum absolute atomic E-state index is 12.1. The summed E-state index contributed by atoms with van der Waals surface area (Å²) in [6.45, 7) is 1.70. The second-order valence-corrected chi connectivity index (χ2v) is 7.35. The van der Waals surface area contributed by atoms with Gasteiger partial charge in [-0.1, -0.05) is 6.07 Å². The van der Waals surface area contributed by atoms with Crippen molar-refractivity contribution in [2.24, 2.45) is 0 Å². The van der Waals surface area contributed by atoms with Crippen LogP contribution in [-0.2, 0) is 11.2 Å². The number of carbonyl (C=O) groups is 1. The average molecular weight is 325 g/mol. The van der Waals surface area contributed by atoms with Crippen molar-refractivity contribution in [2.75, 3.05) is 37.0 Å². The molecule has 1 unspecified atom stereocenters. The van der Waals surface area contributed by atoms with Crippen LogP contribution in [0.25, 0.3) is 0 Å². The van der Waals surface area contributed by atoms with Crippen molar-refractivity contribution >= 4 is 29.4 Å². The van der Waals surface area contributed by atoms with Gasteiger partial charge in [-0.25, -0.2) is 0 Å². The lowest BCUT2D eigenvalue weighted by Crippen LogP contribution is -2.30. The van der Waals surface area contributed by atoms with Crippen LogP contribution in [0, 0.1) is 0 Å². The van der Waals surface area contributed by atoms with Crippen LogP contribution in [-0.4, -0.2) is 52.9 Å². The van der Waals surface area contributed by atoms with Crippen molar-refractivity contribution in [1.29, 1.82) is 0 Å². The predicted octanol–water partition coefficient (Wildman–Crippen LogP) is 1.92. The zero-order valence-electron chi connectivity index (χ0n) is 11.8. The normalized spacial score (nSPS) is 20.7. The molecule has 1 aromatic rings. The molecule has 2 aliphatic heterocycles. The third-order valence-corrected chi connectivity index (χ3v) is 5.88. The van der Waals surface area contributed by atoms with E-state index in [1.54, 1.807) is 23.5 Å². The molecule has 6 heteroatoms. The molecule has 1 fully saturated rings. The Bertz CT molecular complexity index is 524. The van der Waals surface area contributed by atoms with E-state index in [1.165, 1.54) is 11.1 Å². The van der Waals surface area contributed by atoms with Gasteiger partial charge in [-0.3, -0.25) is 4.79 Å². The summed E-state index contributed by atoms with van der Waals surface area (Å²) in [5.74, 6) is 3.36. The molecule has 1 amide bonds. The number of carbonyl (C=O) groups excluding carboxylic acids is 1. The van der Waals surface area contributed by atoms with E-state index in [0.29, 0.717) is 5.75 Å². The van der Waals surface area contributed by atoms with Crippen LogP contribution in [0.4, 0.5) is 0 Å². The first-order chi connectivity index (χ1) is 10.3. The summed E-state index contributed by atoms with van der Waals surface area (Å²) < 4.78 is 5.54. The first kappa shape index (κ1) is 15.1. The Hall–Kier alpha value is -0.850. The van der Waals surface area contributed by atoms with E-state index in [1.807, 2.05) is 11.0 Å². The predicted molar refractivity (Wildman–Crippen MR) is 87.0 cm³/mol. The molecule has 114 valence electrons. The number of benzene rings is 1. The quantitative estimate of drug-likeness (QED) is 0.810. The lowest BCUT2D eigenvalue weighted by molar-refractivity contribution is -0.127. The Kier molecular flexibility index (Phi) is 4.98. The van der Waals surface area contributed by atoms with Gasteiger partial charge in [-0.2, -0.15) is 11.8 Å². The molecule has 0 saturated carbocycles. The first-order valence-electron chi connectivity index (χ1n) is 7.15. The van der Waals surface area contributed by atoms with Gasteiger partial charge in [0.2, 0.25) is 5.91 Å². The van der Waals surface area contributed by atoms with E-state index in [-0.39, 0.29) is 17.9 Å². The van der Waals surface area contributed by atoms with E-state index in [0.717, 1.165) is 36.8 Å². The lowest BCUT2D eigenvalue weighted by atomic mass is 10.1. The number of aliphatic hydroxyl groups is 1. The van der Waals surface area contributed by atoms with E-state index < -0.39 is 0 Å². The van der Waals surface area contributed by atoms with Crippen LogP contribution < -0.4 is 4.74 Å². The molecule has 0 radical (unpaired) electrons. The molecular weight excluding hydrogens is 306 g/mol. The van der Waals surface area contributed by atoms with Gasteiger partial charge >= 0.3 is 0 Å². The van der Waals surface area contributed by atoms with Crippen LogP contribution in [0.5, 0.6) is 5.75 Å². The molecule has 2 aliphatic rings. The molecule has 1 N–H and O–H groups in total. The molecule has 2 heterocycles. The molecule has 0 aliphatic carbocycles. The highest BCUT2D eigenvalue weighted by atomic mass is 32.2. The molecule has 4 nitrogen and oxygen atoms in total. The fourth-order valence-electron chi connectivity index (χ4n) is 2.66. The fourth-order valence-corrected chi connectivity index (χ4v) is 4.53. The van der Waals surface area contributed by atoms with Crippen LogP contribution in [0.15, 0.2) is 18.2 Å². The standard InChI is InChI=1S/C15H19NO3S2/c17-5-8-20-7-4-16-14(18)10-21-15(16)12-1-2-13-11(9-12)3-6-19-13/h1-2,9,15,17H,3-8,10H2. The smallest absolute Gasteiger partial charge is 0.233 e. The number of hydrogen-bond donors (Lipinski definition) is 1. The molecule has 1 aromatic carbocycles. The third-order valence-electron chi connectivity index (χ3n) is 3.68. The van der Waals surface area contributed by atoms with Gasteiger partial charge in [0.15, 0.2) is 0 Å². The minimum Gasteiger partial charge on any atom is -0.493 e. The number of rotatable bonds is 6. The van der Waals surface area contributed by atoms with Gasteiger partial charge in [0.1, 0.15) is 11.1 Å². The number of hydrogen-bond acceptors (Lipinski definition) is 5. The fraction of sp³-hybridized carbons (Fsp3) is 0.533. The molecule has 1 saturated heterocycles. The van der Waals surface area contributed by atoms with Crippen molar-refractivity contribution in [1.82, 2.24) is 4.90 Å². The zero-order chi connectivity index (χ0) is 14.7. The Labute approximate surface area is 133 Å². The van der Waals surface area contributed by atoms with Crippen LogP contribution in [0.1, 0.15) is 16.5 Å². The highest BCUT2D eigenvalue weighted by Gasteiger charge is 2.32. The van der Waals surface area contributed by atoms with Crippen molar-refractivity contribution in [3.63, 3.8) is 0 Å². The van der Waals surface area contributed by atoms with Gasteiger partial charge in [-0.05, 0) is 23.3 Å². The summed E-state index contributed by atoms with van der Waals surface area (Å²) in [5, 5.41) is 8.94. The maximum Gasteiger partial charge on any atom is 0.233 e. The molecule has 0 spiro atoms. The molecule has 0 aromatic heterocycles. The summed E-state index contributed by atoms with van der Waals surface area (Å²) >= 11 is 3.38. The monoisotopic (exact) mass is 325 g/mol. The summed E-state index contributed by atoms with van der Waals surface area (Å²) in [5.41, 5.74) is 2.45. The van der Waals surface area contributed by atoms with Crippen molar-refractivity contribution in [3.05, 3.63) is 29.3 Å². The number of nitrogens with zero attached hydrogens (tertiary/aromatic N) is 1. The van der Waals surface area contributed by atoms with Gasteiger partial charge in [0.25, 0.3) is 0 Å². The Morgan fingerprint density at radius 3 is 3.19 bits per heavy atom. The Morgan fingerprint density at radius 2 is 2.33 bits per heavy atom. The molecular formula is C15H19NO3S2. The number of thioether (sulfide) groups is 2. The van der Waals surface area contributed by atoms with Crippen LogP contribution >= 0.6 is 23.5 Å². The minimum absolute atomic E-state index is 0.123. The highest BCUT2D eigenvalue weighted by molar-refractivity contribution is 8.00. The van der Waals surface area contributed by atoms with Crippen molar-refractivity contribution in [2.45, 2.75) is 11.8 Å².